The van der Waals surface area contributed by atoms with Crippen LogP contribution in [-0.4, -0.2) is 68.6 Å². The summed E-state index contributed by atoms with van der Waals surface area (Å²) in [5.74, 6) is 0.839. The molecule has 2 saturated heterocycles. The molecule has 0 bridgehead atoms. The van der Waals surface area contributed by atoms with Crippen LogP contribution < -0.4 is 9.64 Å². The smallest absolute Gasteiger partial charge is 0.311 e. The number of nitro groups is 1. The molecule has 2 aliphatic rings. The van der Waals surface area contributed by atoms with Gasteiger partial charge in [0.25, 0.3) is 0 Å². The second-order valence-corrected chi connectivity index (χ2v) is 8.65. The fraction of sp³-hybridized carbons (Fsp3) is 0.625. The van der Waals surface area contributed by atoms with E-state index < -0.39 is 14.8 Å². The van der Waals surface area contributed by atoms with E-state index in [-0.39, 0.29) is 29.0 Å². The summed E-state index contributed by atoms with van der Waals surface area (Å²) in [6.07, 6.45) is 0.717. The lowest BCUT2D eigenvalue weighted by Crippen LogP contribution is -2.50. The third-order valence-electron chi connectivity index (χ3n) is 4.84. The molecule has 9 heteroatoms. The van der Waals surface area contributed by atoms with Gasteiger partial charge in [0.05, 0.1) is 23.0 Å². The van der Waals surface area contributed by atoms with Crippen LogP contribution in [0.1, 0.15) is 13.3 Å². The number of nitro benzene ring substituents is 1. The largest absolute Gasteiger partial charge is 0.487 e. The van der Waals surface area contributed by atoms with Gasteiger partial charge < -0.3 is 9.64 Å². The lowest BCUT2D eigenvalue weighted by molar-refractivity contribution is -0.385. The molecule has 2 fully saturated rings. The molecule has 0 amide bonds. The number of sulfone groups is 1. The van der Waals surface area contributed by atoms with Gasteiger partial charge in [-0.1, -0.05) is 0 Å². The molecule has 8 nitrogen and oxygen atoms in total. The van der Waals surface area contributed by atoms with Crippen LogP contribution in [-0.2, 0) is 9.84 Å². The number of benzene rings is 1. The summed E-state index contributed by atoms with van der Waals surface area (Å²) in [5, 5.41) is 11.1. The maximum atomic E-state index is 11.6. The van der Waals surface area contributed by atoms with E-state index in [2.05, 4.69) is 9.80 Å². The van der Waals surface area contributed by atoms with Crippen LogP contribution in [0.3, 0.4) is 0 Å². The van der Waals surface area contributed by atoms with Crippen molar-refractivity contribution in [1.82, 2.24) is 4.90 Å². The third-order valence-corrected chi connectivity index (χ3v) is 6.59. The molecule has 138 valence electrons. The highest BCUT2D eigenvalue weighted by atomic mass is 32.2. The second-order valence-electron chi connectivity index (χ2n) is 6.42. The number of rotatable bonds is 5. The summed E-state index contributed by atoms with van der Waals surface area (Å²) in [7, 11) is -2.87. The quantitative estimate of drug-likeness (QED) is 0.570. The fourth-order valence-corrected chi connectivity index (χ4v) is 5.29. The molecular weight excluding hydrogens is 346 g/mol. The average Bonchev–Trinajstić information content (AvgIpc) is 2.95. The number of nitrogens with zero attached hydrogens (tertiary/aromatic N) is 3. The van der Waals surface area contributed by atoms with Crippen molar-refractivity contribution in [1.29, 1.82) is 0 Å². The predicted molar refractivity (Wildman–Crippen MR) is 95.1 cm³/mol. The van der Waals surface area contributed by atoms with E-state index in [9.17, 15) is 18.5 Å². The number of hydrogen-bond acceptors (Lipinski definition) is 7. The summed E-state index contributed by atoms with van der Waals surface area (Å²) < 4.78 is 28.7. The Hall–Kier alpha value is -1.87. The number of piperazine rings is 1. The summed E-state index contributed by atoms with van der Waals surface area (Å²) in [5.41, 5.74) is 0.869. The van der Waals surface area contributed by atoms with Gasteiger partial charge >= 0.3 is 5.69 Å². The molecule has 2 heterocycles. The highest BCUT2D eigenvalue weighted by Crippen LogP contribution is 2.32. The molecule has 0 spiro atoms. The minimum Gasteiger partial charge on any atom is -0.487 e. The lowest BCUT2D eigenvalue weighted by atomic mass is 10.1. The molecule has 25 heavy (non-hydrogen) atoms. The Bertz CT molecular complexity index is 744. The summed E-state index contributed by atoms with van der Waals surface area (Å²) >= 11 is 0. The maximum Gasteiger partial charge on any atom is 0.311 e. The van der Waals surface area contributed by atoms with Crippen molar-refractivity contribution < 1.29 is 18.1 Å². The number of ether oxygens (including phenoxy) is 1. The van der Waals surface area contributed by atoms with Gasteiger partial charge in [0.15, 0.2) is 15.6 Å². The van der Waals surface area contributed by atoms with Gasteiger partial charge in [-0.15, -0.1) is 0 Å². The Morgan fingerprint density at radius 2 is 2.00 bits per heavy atom. The molecule has 0 radical (unpaired) electrons. The maximum absolute atomic E-state index is 11.6. The van der Waals surface area contributed by atoms with Gasteiger partial charge in [-0.3, -0.25) is 15.0 Å². The number of hydrogen-bond donors (Lipinski definition) is 0. The Balaban J connectivity index is 1.66. The molecule has 2 aliphatic heterocycles. The van der Waals surface area contributed by atoms with E-state index in [4.69, 9.17) is 4.74 Å². The molecular formula is C16H23N3O5S. The molecule has 3 rings (SSSR count). The average molecular weight is 369 g/mol. The minimum atomic E-state index is -2.87. The molecule has 1 unspecified atom stereocenters. The van der Waals surface area contributed by atoms with Crippen molar-refractivity contribution in [3.05, 3.63) is 28.3 Å². The predicted octanol–water partition coefficient (Wildman–Crippen LogP) is 1.30. The highest BCUT2D eigenvalue weighted by molar-refractivity contribution is 7.91. The van der Waals surface area contributed by atoms with Gasteiger partial charge in [-0.2, -0.15) is 0 Å². The zero-order chi connectivity index (χ0) is 18.0. The Morgan fingerprint density at radius 3 is 2.56 bits per heavy atom. The van der Waals surface area contributed by atoms with Gasteiger partial charge in [-0.25, -0.2) is 8.42 Å². The van der Waals surface area contributed by atoms with Gasteiger partial charge in [0, 0.05) is 50.0 Å². The summed E-state index contributed by atoms with van der Waals surface area (Å²) in [6, 6.07) is 5.08. The van der Waals surface area contributed by atoms with Crippen molar-refractivity contribution in [3.63, 3.8) is 0 Å². The van der Waals surface area contributed by atoms with Crippen molar-refractivity contribution in [2.24, 2.45) is 0 Å². The zero-order valence-corrected chi connectivity index (χ0v) is 15.1. The Morgan fingerprint density at radius 1 is 1.28 bits per heavy atom. The molecule has 0 aromatic heterocycles. The first-order valence-corrected chi connectivity index (χ1v) is 10.3. The second kappa shape index (κ2) is 7.17. The van der Waals surface area contributed by atoms with Crippen LogP contribution in [0.15, 0.2) is 18.2 Å². The van der Waals surface area contributed by atoms with Crippen molar-refractivity contribution in [2.75, 3.05) is 49.2 Å². The van der Waals surface area contributed by atoms with Crippen LogP contribution >= 0.6 is 0 Å². The van der Waals surface area contributed by atoms with Crippen molar-refractivity contribution in [2.45, 2.75) is 19.4 Å². The van der Waals surface area contributed by atoms with Crippen molar-refractivity contribution >= 4 is 21.2 Å². The van der Waals surface area contributed by atoms with E-state index >= 15 is 0 Å². The minimum absolute atomic E-state index is 0.0274. The van der Waals surface area contributed by atoms with E-state index in [0.717, 1.165) is 31.9 Å². The van der Waals surface area contributed by atoms with E-state index in [1.807, 2.05) is 0 Å². The van der Waals surface area contributed by atoms with Gasteiger partial charge in [0.1, 0.15) is 0 Å². The standard InChI is InChI=1S/C16H23N3O5S/c1-2-24-16-11-13(3-4-15(16)19(20)21)17-6-8-18(9-7-17)14-5-10-25(22,23)12-14/h3-4,11,14H,2,5-10,12H2,1H3. The molecule has 0 saturated carbocycles. The van der Waals surface area contributed by atoms with E-state index in [1.165, 1.54) is 6.07 Å². The first-order chi connectivity index (χ1) is 11.9. The first-order valence-electron chi connectivity index (χ1n) is 8.50. The fourth-order valence-electron chi connectivity index (χ4n) is 3.53. The van der Waals surface area contributed by atoms with Gasteiger partial charge in [-0.05, 0) is 19.4 Å². The van der Waals surface area contributed by atoms with Crippen LogP contribution in [0.25, 0.3) is 0 Å². The van der Waals surface area contributed by atoms with E-state index in [1.54, 1.807) is 19.1 Å². The summed E-state index contributed by atoms with van der Waals surface area (Å²) in [6.45, 7) is 5.28. The molecule has 1 aromatic carbocycles. The molecule has 1 aromatic rings. The Kier molecular flexibility index (Phi) is 5.14. The lowest BCUT2D eigenvalue weighted by Gasteiger charge is -2.38. The van der Waals surface area contributed by atoms with Gasteiger partial charge in [0.2, 0.25) is 0 Å². The first kappa shape index (κ1) is 17.9. The third kappa shape index (κ3) is 4.04. The topological polar surface area (TPSA) is 93.0 Å². The monoisotopic (exact) mass is 369 g/mol. The number of anilines is 1. The van der Waals surface area contributed by atoms with Crippen LogP contribution in [0.5, 0.6) is 5.75 Å². The normalized spacial score (nSPS) is 23.6. The molecule has 1 atom stereocenters. The SMILES string of the molecule is CCOc1cc(N2CCN(C3CCS(=O)(=O)C3)CC2)ccc1[N+](=O)[O-]. The zero-order valence-electron chi connectivity index (χ0n) is 14.3. The van der Waals surface area contributed by atoms with Crippen molar-refractivity contribution in [3.8, 4) is 5.75 Å². The molecule has 0 aliphatic carbocycles. The Labute approximate surface area is 147 Å². The highest BCUT2D eigenvalue weighted by Gasteiger charge is 2.33. The van der Waals surface area contributed by atoms with Crippen LogP contribution in [0, 0.1) is 10.1 Å². The van der Waals surface area contributed by atoms with Crippen LogP contribution in [0.2, 0.25) is 0 Å². The van der Waals surface area contributed by atoms with Crippen LogP contribution in [0.4, 0.5) is 11.4 Å². The molecule has 0 N–H and O–H groups in total. The summed E-state index contributed by atoms with van der Waals surface area (Å²) in [4.78, 5) is 15.1. The van der Waals surface area contributed by atoms with E-state index in [0.29, 0.717) is 13.0 Å².